The number of nitrogens with zero attached hydrogens (tertiary/aromatic N) is 1. The molecule has 1 rings (SSSR count). The van der Waals surface area contributed by atoms with E-state index in [1.807, 2.05) is 0 Å². The number of aryl methyl sites for hydroxylation is 2. The average molecular weight is 299 g/mol. The molecule has 0 aliphatic rings. The molecule has 0 unspecified atom stereocenters. The highest BCUT2D eigenvalue weighted by molar-refractivity contribution is 5.83. The molecule has 9 nitrogen and oxygen atoms in total. The molecule has 0 aliphatic heterocycles. The number of rotatable bonds is 7. The number of aromatic nitrogens is 1. The number of carbonyl (C=O) groups is 3. The van der Waals surface area contributed by atoms with Gasteiger partial charge in [0.05, 0.1) is 5.69 Å². The van der Waals surface area contributed by atoms with Crippen LogP contribution in [0, 0.1) is 13.8 Å². The van der Waals surface area contributed by atoms with Gasteiger partial charge in [0.15, 0.2) is 0 Å². The maximum Gasteiger partial charge on any atom is 0.326 e. The van der Waals surface area contributed by atoms with Crippen molar-refractivity contribution in [3.8, 4) is 0 Å². The normalized spacial score (nSPS) is 11.7. The molecule has 4 N–H and O–H groups in total. The largest absolute Gasteiger partial charge is 0.481 e. The number of amides is 2. The minimum atomic E-state index is -1.29. The highest BCUT2D eigenvalue weighted by atomic mass is 16.5. The van der Waals surface area contributed by atoms with Gasteiger partial charge in [-0.25, -0.2) is 9.59 Å². The summed E-state index contributed by atoms with van der Waals surface area (Å²) < 4.78 is 4.93. The van der Waals surface area contributed by atoms with E-state index in [1.54, 1.807) is 13.8 Å². The molecule has 0 saturated carbocycles. The van der Waals surface area contributed by atoms with Crippen LogP contribution in [0.3, 0.4) is 0 Å². The summed E-state index contributed by atoms with van der Waals surface area (Å²) in [6.07, 6.45) is -0.537. The second-order valence-electron chi connectivity index (χ2n) is 4.45. The van der Waals surface area contributed by atoms with E-state index >= 15 is 0 Å². The van der Waals surface area contributed by atoms with Gasteiger partial charge in [-0.2, -0.15) is 0 Å². The summed E-state index contributed by atoms with van der Waals surface area (Å²) in [5, 5.41) is 25.9. The van der Waals surface area contributed by atoms with Crippen LogP contribution in [-0.2, 0) is 16.1 Å². The molecular formula is C12H17N3O6. The highest BCUT2D eigenvalue weighted by Gasteiger charge is 2.21. The van der Waals surface area contributed by atoms with Crippen molar-refractivity contribution in [2.24, 2.45) is 0 Å². The minimum absolute atomic E-state index is 0.137. The first-order chi connectivity index (χ1) is 9.81. The summed E-state index contributed by atoms with van der Waals surface area (Å²) in [5.41, 5.74) is 1.34. The lowest BCUT2D eigenvalue weighted by Gasteiger charge is -2.14. The van der Waals surface area contributed by atoms with Crippen LogP contribution in [0.4, 0.5) is 4.79 Å². The molecule has 0 aromatic carbocycles. The van der Waals surface area contributed by atoms with Gasteiger partial charge in [-0.15, -0.1) is 0 Å². The lowest BCUT2D eigenvalue weighted by atomic mass is 10.1. The van der Waals surface area contributed by atoms with E-state index < -0.39 is 24.0 Å². The molecule has 0 radical (unpaired) electrons. The summed E-state index contributed by atoms with van der Waals surface area (Å²) in [6, 6.07) is -1.96. The van der Waals surface area contributed by atoms with Crippen molar-refractivity contribution >= 4 is 18.0 Å². The Morgan fingerprint density at radius 2 is 1.95 bits per heavy atom. The SMILES string of the molecule is Cc1noc(C)c1CNC(=O)N[C@@H](CCC(=O)O)C(=O)O. The van der Waals surface area contributed by atoms with Crippen molar-refractivity contribution in [1.82, 2.24) is 15.8 Å². The molecule has 1 aromatic rings. The first-order valence-electron chi connectivity index (χ1n) is 6.22. The third kappa shape index (κ3) is 5.13. The summed E-state index contributed by atoms with van der Waals surface area (Å²) in [7, 11) is 0. The molecule has 0 fully saturated rings. The smallest absolute Gasteiger partial charge is 0.326 e. The number of nitrogens with one attached hydrogen (secondary N) is 2. The van der Waals surface area contributed by atoms with E-state index in [0.29, 0.717) is 17.0 Å². The van der Waals surface area contributed by atoms with Gasteiger partial charge in [-0.3, -0.25) is 4.79 Å². The van der Waals surface area contributed by atoms with Gasteiger partial charge in [-0.1, -0.05) is 5.16 Å². The Morgan fingerprint density at radius 3 is 2.43 bits per heavy atom. The quantitative estimate of drug-likeness (QED) is 0.571. The maximum atomic E-state index is 11.6. The summed E-state index contributed by atoms with van der Waals surface area (Å²) in [6.45, 7) is 3.55. The van der Waals surface area contributed by atoms with E-state index in [-0.39, 0.29) is 19.4 Å². The minimum Gasteiger partial charge on any atom is -0.481 e. The van der Waals surface area contributed by atoms with E-state index in [9.17, 15) is 14.4 Å². The topological polar surface area (TPSA) is 142 Å². The number of carboxylic acid groups (broad SMARTS) is 2. The number of urea groups is 1. The van der Waals surface area contributed by atoms with Gasteiger partial charge in [0.25, 0.3) is 0 Å². The molecule has 2 amide bonds. The zero-order valence-electron chi connectivity index (χ0n) is 11.7. The molecule has 0 saturated heterocycles. The summed E-state index contributed by atoms with van der Waals surface area (Å²) in [4.78, 5) is 33.0. The lowest BCUT2D eigenvalue weighted by Crippen LogP contribution is -2.46. The van der Waals surface area contributed by atoms with Gasteiger partial charge < -0.3 is 25.4 Å². The molecule has 0 aliphatic carbocycles. The third-order valence-corrected chi connectivity index (χ3v) is 2.86. The van der Waals surface area contributed by atoms with E-state index in [4.69, 9.17) is 14.7 Å². The zero-order chi connectivity index (χ0) is 16.0. The third-order valence-electron chi connectivity index (χ3n) is 2.86. The molecule has 0 spiro atoms. The fourth-order valence-corrected chi connectivity index (χ4v) is 1.66. The monoisotopic (exact) mass is 299 g/mol. The van der Waals surface area contributed by atoms with Gasteiger partial charge in [-0.05, 0) is 20.3 Å². The fraction of sp³-hybridized carbons (Fsp3) is 0.500. The Balaban J connectivity index is 2.50. The number of hydrogen-bond donors (Lipinski definition) is 4. The Labute approximate surface area is 120 Å². The zero-order valence-corrected chi connectivity index (χ0v) is 11.7. The first-order valence-corrected chi connectivity index (χ1v) is 6.22. The van der Waals surface area contributed by atoms with Crippen molar-refractivity contribution in [3.63, 3.8) is 0 Å². The average Bonchev–Trinajstić information content (AvgIpc) is 2.71. The standard InChI is InChI=1S/C12H17N3O6/c1-6-8(7(2)21-15-6)5-13-12(20)14-9(11(18)19)3-4-10(16)17/h9H,3-5H2,1-2H3,(H,16,17)(H,18,19)(H2,13,14,20)/t9-/m0/s1. The Hall–Kier alpha value is -2.58. The number of carbonyl (C=O) groups excluding carboxylic acids is 1. The molecule has 1 aromatic heterocycles. The van der Waals surface area contributed by atoms with Gasteiger partial charge in [0.2, 0.25) is 0 Å². The molecular weight excluding hydrogens is 282 g/mol. The number of carboxylic acids is 2. The number of hydrogen-bond acceptors (Lipinski definition) is 5. The Bertz CT molecular complexity index is 520. The molecule has 1 heterocycles. The predicted octanol–water partition coefficient (Wildman–Crippen LogP) is 0.409. The second-order valence-corrected chi connectivity index (χ2v) is 4.45. The maximum absolute atomic E-state index is 11.6. The van der Waals surface area contributed by atoms with Crippen LogP contribution < -0.4 is 10.6 Å². The van der Waals surface area contributed by atoms with E-state index in [1.165, 1.54) is 0 Å². The first kappa shape index (κ1) is 16.5. The van der Waals surface area contributed by atoms with Crippen LogP contribution in [0.1, 0.15) is 29.9 Å². The van der Waals surface area contributed by atoms with Crippen molar-refractivity contribution in [2.45, 2.75) is 39.3 Å². The Morgan fingerprint density at radius 1 is 1.29 bits per heavy atom. The summed E-state index contributed by atoms with van der Waals surface area (Å²) >= 11 is 0. The van der Waals surface area contributed by atoms with Gasteiger partial charge >= 0.3 is 18.0 Å². The van der Waals surface area contributed by atoms with Crippen LogP contribution in [0.5, 0.6) is 0 Å². The molecule has 116 valence electrons. The van der Waals surface area contributed by atoms with Gasteiger partial charge in [0.1, 0.15) is 11.8 Å². The fourth-order valence-electron chi connectivity index (χ4n) is 1.66. The summed E-state index contributed by atoms with van der Waals surface area (Å²) in [5.74, 6) is -1.85. The second kappa shape index (κ2) is 7.27. The van der Waals surface area contributed by atoms with Crippen LogP contribution in [0.25, 0.3) is 0 Å². The Kier molecular flexibility index (Phi) is 5.70. The van der Waals surface area contributed by atoms with E-state index in [2.05, 4.69) is 15.8 Å². The molecule has 0 bridgehead atoms. The molecule has 9 heteroatoms. The highest BCUT2D eigenvalue weighted by Crippen LogP contribution is 2.11. The van der Waals surface area contributed by atoms with Gasteiger partial charge in [0, 0.05) is 18.5 Å². The van der Waals surface area contributed by atoms with Crippen LogP contribution in [0.2, 0.25) is 0 Å². The van der Waals surface area contributed by atoms with E-state index in [0.717, 1.165) is 0 Å². The number of aliphatic carboxylic acids is 2. The van der Waals surface area contributed by atoms with Crippen molar-refractivity contribution in [2.75, 3.05) is 0 Å². The van der Waals surface area contributed by atoms with Crippen molar-refractivity contribution < 1.29 is 29.1 Å². The molecule has 21 heavy (non-hydrogen) atoms. The van der Waals surface area contributed by atoms with Crippen molar-refractivity contribution in [3.05, 3.63) is 17.0 Å². The lowest BCUT2D eigenvalue weighted by molar-refractivity contribution is -0.140. The molecule has 1 atom stereocenters. The van der Waals surface area contributed by atoms with Crippen LogP contribution in [-0.4, -0.2) is 39.4 Å². The predicted molar refractivity (Wildman–Crippen MR) is 69.6 cm³/mol. The van der Waals surface area contributed by atoms with Crippen LogP contribution >= 0.6 is 0 Å². The van der Waals surface area contributed by atoms with Crippen molar-refractivity contribution in [1.29, 1.82) is 0 Å². The van der Waals surface area contributed by atoms with Crippen LogP contribution in [0.15, 0.2) is 4.52 Å².